The van der Waals surface area contributed by atoms with Gasteiger partial charge in [0.25, 0.3) is 0 Å². The molecule has 0 fully saturated rings. The molecule has 0 aliphatic rings. The van der Waals surface area contributed by atoms with Gasteiger partial charge in [0, 0.05) is 26.2 Å². The van der Waals surface area contributed by atoms with Gasteiger partial charge in [0.1, 0.15) is 0 Å². The second kappa shape index (κ2) is 4.88. The number of hydrogen-bond acceptors (Lipinski definition) is 5. The normalized spacial score (nSPS) is 20.8. The van der Waals surface area contributed by atoms with Gasteiger partial charge in [-0.05, 0) is 13.8 Å². The summed E-state index contributed by atoms with van der Waals surface area (Å²) >= 11 is 0. The van der Waals surface area contributed by atoms with Gasteiger partial charge in [-0.1, -0.05) is 0 Å². The van der Waals surface area contributed by atoms with Crippen LogP contribution in [-0.2, 0) is 0 Å². The van der Waals surface area contributed by atoms with Gasteiger partial charge in [0.2, 0.25) is 0 Å². The molecule has 80 valence electrons. The molecule has 0 aliphatic heterocycles. The first kappa shape index (κ1) is 12.8. The molecule has 0 spiro atoms. The molecule has 7 N–H and O–H groups in total. The van der Waals surface area contributed by atoms with Gasteiger partial charge in [0.15, 0.2) is 0 Å². The van der Waals surface area contributed by atoms with E-state index >= 15 is 0 Å². The minimum absolute atomic E-state index is 0.185. The standard InChI is InChI=1S/C8H21N3O2/c1-7(12,3-9)5-11-6-8(2,13)4-10/h11-13H,3-6,9-10H2,1-2H3. The lowest BCUT2D eigenvalue weighted by molar-refractivity contribution is 0.0428. The maximum atomic E-state index is 9.49. The smallest absolute Gasteiger partial charge is 0.0865 e. The second-order valence-electron chi connectivity index (χ2n) is 4.01. The van der Waals surface area contributed by atoms with Crippen molar-refractivity contribution in [3.05, 3.63) is 0 Å². The van der Waals surface area contributed by atoms with Gasteiger partial charge in [0.05, 0.1) is 11.2 Å². The molecule has 13 heavy (non-hydrogen) atoms. The monoisotopic (exact) mass is 191 g/mol. The van der Waals surface area contributed by atoms with Gasteiger partial charge < -0.3 is 27.0 Å². The van der Waals surface area contributed by atoms with Crippen LogP contribution in [0.4, 0.5) is 0 Å². The topological polar surface area (TPSA) is 105 Å². The highest BCUT2D eigenvalue weighted by atomic mass is 16.3. The summed E-state index contributed by atoms with van der Waals surface area (Å²) in [4.78, 5) is 0. The molecule has 0 saturated carbocycles. The molecule has 0 heterocycles. The number of nitrogens with one attached hydrogen (secondary N) is 1. The van der Waals surface area contributed by atoms with Crippen molar-refractivity contribution in [2.45, 2.75) is 25.0 Å². The molecule has 0 aromatic heterocycles. The van der Waals surface area contributed by atoms with Crippen molar-refractivity contribution in [3.63, 3.8) is 0 Å². The molecular weight excluding hydrogens is 170 g/mol. The fourth-order valence-electron chi connectivity index (χ4n) is 0.745. The summed E-state index contributed by atoms with van der Waals surface area (Å²) in [5.74, 6) is 0. The summed E-state index contributed by atoms with van der Waals surface area (Å²) in [6.45, 7) is 4.34. The van der Waals surface area contributed by atoms with E-state index in [9.17, 15) is 10.2 Å². The minimum Gasteiger partial charge on any atom is -0.388 e. The van der Waals surface area contributed by atoms with E-state index in [1.807, 2.05) is 0 Å². The SMILES string of the molecule is CC(O)(CN)CNCC(C)(O)CN. The summed E-state index contributed by atoms with van der Waals surface area (Å²) < 4.78 is 0. The molecule has 0 saturated heterocycles. The van der Waals surface area contributed by atoms with Gasteiger partial charge >= 0.3 is 0 Å². The first-order chi connectivity index (χ1) is 5.83. The molecule has 2 atom stereocenters. The van der Waals surface area contributed by atoms with Crippen molar-refractivity contribution in [1.82, 2.24) is 5.32 Å². The second-order valence-corrected chi connectivity index (χ2v) is 4.01. The molecule has 5 heteroatoms. The van der Waals surface area contributed by atoms with Gasteiger partial charge in [-0.2, -0.15) is 0 Å². The van der Waals surface area contributed by atoms with E-state index in [4.69, 9.17) is 11.5 Å². The Hall–Kier alpha value is -0.200. The van der Waals surface area contributed by atoms with Crippen LogP contribution >= 0.6 is 0 Å². The predicted molar refractivity (Wildman–Crippen MR) is 52.2 cm³/mol. The molecule has 0 radical (unpaired) electrons. The molecule has 0 amide bonds. The summed E-state index contributed by atoms with van der Waals surface area (Å²) in [6, 6.07) is 0. The van der Waals surface area contributed by atoms with Crippen LogP contribution in [-0.4, -0.2) is 47.6 Å². The lowest BCUT2D eigenvalue weighted by Gasteiger charge is -2.26. The zero-order chi connectivity index (χ0) is 10.5. The van der Waals surface area contributed by atoms with Crippen molar-refractivity contribution in [2.75, 3.05) is 26.2 Å². The molecule has 0 aromatic rings. The Morgan fingerprint density at radius 2 is 1.31 bits per heavy atom. The molecule has 0 rings (SSSR count). The third-order valence-electron chi connectivity index (χ3n) is 1.89. The number of rotatable bonds is 6. The zero-order valence-corrected chi connectivity index (χ0v) is 8.38. The fourth-order valence-corrected chi connectivity index (χ4v) is 0.745. The highest BCUT2D eigenvalue weighted by Gasteiger charge is 2.21. The third-order valence-corrected chi connectivity index (χ3v) is 1.89. The Kier molecular flexibility index (Phi) is 4.80. The quantitative estimate of drug-likeness (QED) is 0.334. The predicted octanol–water partition coefficient (Wildman–Crippen LogP) is -2.00. The molecule has 0 aromatic carbocycles. The number of hydrogen-bond donors (Lipinski definition) is 5. The lowest BCUT2D eigenvalue weighted by Crippen LogP contribution is -2.50. The summed E-state index contributed by atoms with van der Waals surface area (Å²) in [5.41, 5.74) is 8.77. The Morgan fingerprint density at radius 3 is 1.54 bits per heavy atom. The zero-order valence-electron chi connectivity index (χ0n) is 8.38. The van der Waals surface area contributed by atoms with Crippen molar-refractivity contribution in [2.24, 2.45) is 11.5 Å². The number of nitrogens with two attached hydrogens (primary N) is 2. The van der Waals surface area contributed by atoms with E-state index in [1.165, 1.54) is 0 Å². The van der Waals surface area contributed by atoms with E-state index < -0.39 is 11.2 Å². The van der Waals surface area contributed by atoms with E-state index in [0.717, 1.165) is 0 Å². The molecule has 0 bridgehead atoms. The van der Waals surface area contributed by atoms with Crippen molar-refractivity contribution >= 4 is 0 Å². The summed E-state index contributed by atoms with van der Waals surface area (Å²) in [7, 11) is 0. The first-order valence-electron chi connectivity index (χ1n) is 4.39. The summed E-state index contributed by atoms with van der Waals surface area (Å²) in [5, 5.41) is 21.9. The van der Waals surface area contributed by atoms with Gasteiger partial charge in [-0.3, -0.25) is 0 Å². The van der Waals surface area contributed by atoms with Crippen LogP contribution in [0.5, 0.6) is 0 Å². The van der Waals surface area contributed by atoms with E-state index in [-0.39, 0.29) is 13.1 Å². The fraction of sp³-hybridized carbons (Fsp3) is 1.00. The molecular formula is C8H21N3O2. The Morgan fingerprint density at radius 1 is 1.00 bits per heavy atom. The first-order valence-corrected chi connectivity index (χ1v) is 4.39. The Balaban J connectivity index is 3.68. The molecule has 2 unspecified atom stereocenters. The van der Waals surface area contributed by atoms with Crippen LogP contribution in [0.1, 0.15) is 13.8 Å². The van der Waals surface area contributed by atoms with E-state index in [0.29, 0.717) is 13.1 Å². The average molecular weight is 191 g/mol. The minimum atomic E-state index is -0.926. The highest BCUT2D eigenvalue weighted by molar-refractivity contribution is 4.81. The van der Waals surface area contributed by atoms with Crippen molar-refractivity contribution in [3.8, 4) is 0 Å². The van der Waals surface area contributed by atoms with Crippen LogP contribution in [0, 0.1) is 0 Å². The molecule has 0 aliphatic carbocycles. The maximum absolute atomic E-state index is 9.49. The highest BCUT2D eigenvalue weighted by Crippen LogP contribution is 2.00. The van der Waals surface area contributed by atoms with Crippen LogP contribution in [0.25, 0.3) is 0 Å². The van der Waals surface area contributed by atoms with Crippen LogP contribution in [0.3, 0.4) is 0 Å². The van der Waals surface area contributed by atoms with Crippen LogP contribution in [0.2, 0.25) is 0 Å². The van der Waals surface area contributed by atoms with Crippen LogP contribution < -0.4 is 16.8 Å². The van der Waals surface area contributed by atoms with Crippen molar-refractivity contribution in [1.29, 1.82) is 0 Å². The van der Waals surface area contributed by atoms with E-state index in [1.54, 1.807) is 13.8 Å². The Bertz CT molecular complexity index is 132. The molecule has 5 nitrogen and oxygen atoms in total. The maximum Gasteiger partial charge on any atom is 0.0865 e. The Labute approximate surface area is 79.1 Å². The van der Waals surface area contributed by atoms with Gasteiger partial charge in [-0.15, -0.1) is 0 Å². The largest absolute Gasteiger partial charge is 0.388 e. The lowest BCUT2D eigenvalue weighted by atomic mass is 10.1. The van der Waals surface area contributed by atoms with Crippen LogP contribution in [0.15, 0.2) is 0 Å². The summed E-state index contributed by atoms with van der Waals surface area (Å²) in [6.07, 6.45) is 0. The number of aliphatic hydroxyl groups is 2. The average Bonchev–Trinajstić information content (AvgIpc) is 2.04. The van der Waals surface area contributed by atoms with E-state index in [2.05, 4.69) is 5.32 Å². The van der Waals surface area contributed by atoms with Gasteiger partial charge in [-0.25, -0.2) is 0 Å². The third kappa shape index (κ3) is 5.95. The van der Waals surface area contributed by atoms with Crippen molar-refractivity contribution < 1.29 is 10.2 Å².